The van der Waals surface area contributed by atoms with Gasteiger partial charge in [-0.3, -0.25) is 4.72 Å². The predicted octanol–water partition coefficient (Wildman–Crippen LogP) is -2.12. The molecule has 1 N–H and O–H groups in total. The Morgan fingerprint density at radius 2 is 2.00 bits per heavy atom. The number of hydrogen-bond donors (Lipinski definition) is 1. The van der Waals surface area contributed by atoms with Gasteiger partial charge in [-0.05, 0) is 30.7 Å². The van der Waals surface area contributed by atoms with E-state index in [1.807, 2.05) is 4.72 Å². The Hall–Kier alpha value is -0.270. The Balaban J connectivity index is 0.00000196. The number of nitrogens with one attached hydrogen (secondary N) is 1. The molecule has 1 aromatic rings. The van der Waals surface area contributed by atoms with Gasteiger partial charge in [0, 0.05) is 0 Å². The van der Waals surface area contributed by atoms with Gasteiger partial charge in [0.05, 0.1) is 12.8 Å². The average molecular weight is 239 g/mol. The monoisotopic (exact) mass is 239 g/mol. The van der Waals surface area contributed by atoms with Crippen molar-refractivity contribution in [2.75, 3.05) is 11.8 Å². The standard InChI is InChI=1S/C8H11NO4S.Na/c1-6-5-7(13-2)3-4-8(6)9-14(10,11)12;/h3-5,9H,1-2H3,(H,10,11,12);/q;+1/p-1. The Labute approximate surface area is 111 Å². The summed E-state index contributed by atoms with van der Waals surface area (Å²) in [4.78, 5) is 0. The molecule has 78 valence electrons. The number of anilines is 1. The minimum Gasteiger partial charge on any atom is -0.731 e. The molecule has 0 saturated carbocycles. The molecule has 0 aliphatic rings. The van der Waals surface area contributed by atoms with Crippen LogP contribution in [0.5, 0.6) is 5.75 Å². The fourth-order valence-corrected chi connectivity index (χ4v) is 1.51. The van der Waals surface area contributed by atoms with E-state index in [0.717, 1.165) is 0 Å². The predicted molar refractivity (Wildman–Crippen MR) is 51.1 cm³/mol. The maximum atomic E-state index is 10.4. The molecule has 15 heavy (non-hydrogen) atoms. The van der Waals surface area contributed by atoms with E-state index in [0.29, 0.717) is 11.3 Å². The van der Waals surface area contributed by atoms with Crippen LogP contribution in [0.4, 0.5) is 5.69 Å². The summed E-state index contributed by atoms with van der Waals surface area (Å²) in [7, 11) is -2.95. The third-order valence-electron chi connectivity index (χ3n) is 1.67. The Bertz CT molecular complexity index is 432. The fraction of sp³-hybridized carbons (Fsp3) is 0.250. The van der Waals surface area contributed by atoms with Gasteiger partial charge in [0.1, 0.15) is 5.75 Å². The Kier molecular flexibility index (Phi) is 5.61. The molecule has 0 radical (unpaired) electrons. The van der Waals surface area contributed by atoms with Crippen molar-refractivity contribution in [1.29, 1.82) is 0 Å². The molecule has 0 aliphatic carbocycles. The van der Waals surface area contributed by atoms with E-state index in [2.05, 4.69) is 0 Å². The van der Waals surface area contributed by atoms with Crippen LogP contribution < -0.4 is 39.0 Å². The summed E-state index contributed by atoms with van der Waals surface area (Å²) < 4.78 is 38.0. The molecule has 0 unspecified atom stereocenters. The van der Waals surface area contributed by atoms with Crippen molar-refractivity contribution in [2.24, 2.45) is 0 Å². The summed E-state index contributed by atoms with van der Waals surface area (Å²) in [5.41, 5.74) is 0.893. The van der Waals surface area contributed by atoms with Gasteiger partial charge in [0.2, 0.25) is 0 Å². The molecular formula is C8H10NNaO4S. The van der Waals surface area contributed by atoms with Crippen molar-refractivity contribution in [1.82, 2.24) is 0 Å². The summed E-state index contributed by atoms with van der Waals surface area (Å²) in [5, 5.41) is 0. The van der Waals surface area contributed by atoms with Crippen LogP contribution in [0, 0.1) is 6.92 Å². The van der Waals surface area contributed by atoms with E-state index < -0.39 is 10.3 Å². The van der Waals surface area contributed by atoms with Crippen LogP contribution in [0.1, 0.15) is 5.56 Å². The van der Waals surface area contributed by atoms with Crippen molar-refractivity contribution < 1.29 is 47.3 Å². The van der Waals surface area contributed by atoms with Crippen molar-refractivity contribution in [3.63, 3.8) is 0 Å². The van der Waals surface area contributed by atoms with Gasteiger partial charge in [-0.2, -0.15) is 0 Å². The molecule has 0 saturated heterocycles. The van der Waals surface area contributed by atoms with Gasteiger partial charge in [0.25, 0.3) is 0 Å². The molecule has 0 amide bonds. The van der Waals surface area contributed by atoms with Gasteiger partial charge in [-0.15, -0.1) is 0 Å². The number of aryl methyl sites for hydroxylation is 1. The van der Waals surface area contributed by atoms with Gasteiger partial charge in [-0.25, -0.2) is 8.42 Å². The number of hydrogen-bond acceptors (Lipinski definition) is 4. The average Bonchev–Trinajstić information content (AvgIpc) is 2.06. The molecule has 0 bridgehead atoms. The first-order chi connectivity index (χ1) is 6.42. The second-order valence-corrected chi connectivity index (χ2v) is 3.85. The minimum atomic E-state index is -4.46. The van der Waals surface area contributed by atoms with Crippen molar-refractivity contribution in [3.05, 3.63) is 23.8 Å². The van der Waals surface area contributed by atoms with Crippen molar-refractivity contribution in [3.8, 4) is 5.75 Å². The molecule has 0 spiro atoms. The van der Waals surface area contributed by atoms with E-state index in [1.54, 1.807) is 19.1 Å². The zero-order valence-electron chi connectivity index (χ0n) is 8.77. The Morgan fingerprint density at radius 1 is 1.40 bits per heavy atom. The zero-order chi connectivity index (χ0) is 10.8. The molecule has 0 atom stereocenters. The molecule has 0 aromatic heterocycles. The van der Waals surface area contributed by atoms with Crippen LogP contribution in [0.25, 0.3) is 0 Å². The van der Waals surface area contributed by atoms with E-state index in [9.17, 15) is 13.0 Å². The maximum absolute atomic E-state index is 10.4. The minimum absolute atomic E-state index is 0. The van der Waals surface area contributed by atoms with E-state index >= 15 is 0 Å². The molecule has 0 aliphatic heterocycles. The van der Waals surface area contributed by atoms with Crippen LogP contribution in [0.2, 0.25) is 0 Å². The Morgan fingerprint density at radius 3 is 2.40 bits per heavy atom. The van der Waals surface area contributed by atoms with Gasteiger partial charge < -0.3 is 9.29 Å². The molecule has 5 nitrogen and oxygen atoms in total. The smallest absolute Gasteiger partial charge is 0.731 e. The normalized spacial score (nSPS) is 10.3. The zero-order valence-corrected chi connectivity index (χ0v) is 11.6. The second-order valence-electron chi connectivity index (χ2n) is 2.74. The second kappa shape index (κ2) is 5.72. The molecule has 1 aromatic carbocycles. The molecule has 7 heteroatoms. The van der Waals surface area contributed by atoms with E-state index in [1.165, 1.54) is 13.2 Å². The quantitative estimate of drug-likeness (QED) is 0.483. The summed E-state index contributed by atoms with van der Waals surface area (Å²) in [6.07, 6.45) is 0. The summed E-state index contributed by atoms with van der Waals surface area (Å²) >= 11 is 0. The van der Waals surface area contributed by atoms with E-state index in [4.69, 9.17) is 4.74 Å². The number of rotatable bonds is 3. The van der Waals surface area contributed by atoms with E-state index in [-0.39, 0.29) is 35.2 Å². The van der Waals surface area contributed by atoms with Crippen molar-refractivity contribution >= 4 is 16.0 Å². The first-order valence-corrected chi connectivity index (χ1v) is 5.21. The van der Waals surface area contributed by atoms with Gasteiger partial charge in [0.15, 0.2) is 10.3 Å². The van der Waals surface area contributed by atoms with Crippen LogP contribution in [-0.2, 0) is 10.3 Å². The van der Waals surface area contributed by atoms with Gasteiger partial charge >= 0.3 is 29.6 Å². The summed E-state index contributed by atoms with van der Waals surface area (Å²) in [6.45, 7) is 1.68. The molecule has 1 rings (SSSR count). The largest absolute Gasteiger partial charge is 1.00 e. The number of benzene rings is 1. The molecular weight excluding hydrogens is 229 g/mol. The molecule has 0 heterocycles. The first kappa shape index (κ1) is 14.7. The van der Waals surface area contributed by atoms with Crippen LogP contribution >= 0.6 is 0 Å². The van der Waals surface area contributed by atoms with Crippen LogP contribution in [0.15, 0.2) is 18.2 Å². The van der Waals surface area contributed by atoms with Gasteiger partial charge in [-0.1, -0.05) is 0 Å². The fourth-order valence-electron chi connectivity index (χ4n) is 1.01. The summed E-state index contributed by atoms with van der Waals surface area (Å²) in [5.74, 6) is 0.608. The molecule has 0 fully saturated rings. The SMILES string of the molecule is COc1ccc(NS(=O)(=O)[O-])c(C)c1.[Na+]. The van der Waals surface area contributed by atoms with Crippen LogP contribution in [-0.4, -0.2) is 20.1 Å². The van der Waals surface area contributed by atoms with Crippen molar-refractivity contribution in [2.45, 2.75) is 6.92 Å². The first-order valence-electron chi connectivity index (χ1n) is 3.80. The topological polar surface area (TPSA) is 78.5 Å². The third-order valence-corrected chi connectivity index (χ3v) is 2.14. The maximum Gasteiger partial charge on any atom is 1.00 e. The number of ether oxygens (including phenoxy) is 1. The number of methoxy groups -OCH3 is 1. The third kappa shape index (κ3) is 4.85. The van der Waals surface area contributed by atoms with Crippen LogP contribution in [0.3, 0.4) is 0 Å². The summed E-state index contributed by atoms with van der Waals surface area (Å²) in [6, 6.07) is 4.68.